The Morgan fingerprint density at radius 2 is 1.81 bits per heavy atom. The van der Waals surface area contributed by atoms with Gasteiger partial charge < -0.3 is 4.90 Å². The number of hydrogen-bond donors (Lipinski definition) is 0. The van der Waals surface area contributed by atoms with E-state index in [-0.39, 0.29) is 23.9 Å². The maximum absolute atomic E-state index is 12.7. The minimum absolute atomic E-state index is 0.0982. The third kappa shape index (κ3) is 3.15. The van der Waals surface area contributed by atoms with Gasteiger partial charge in [0.1, 0.15) is 11.6 Å². The molecule has 0 unspecified atom stereocenters. The van der Waals surface area contributed by atoms with Crippen LogP contribution in [-0.4, -0.2) is 18.7 Å². The summed E-state index contributed by atoms with van der Waals surface area (Å²) < 4.78 is 12.7. The van der Waals surface area contributed by atoms with Gasteiger partial charge in [-0.2, -0.15) is 0 Å². The largest absolute Gasteiger partial charge is 0.315 e. The molecule has 16 heavy (non-hydrogen) atoms. The van der Waals surface area contributed by atoms with Crippen molar-refractivity contribution in [3.05, 3.63) is 30.1 Å². The molecule has 0 spiro atoms. The van der Waals surface area contributed by atoms with Crippen LogP contribution in [0.3, 0.4) is 0 Å². The van der Waals surface area contributed by atoms with Crippen molar-refractivity contribution in [2.24, 2.45) is 0 Å². The van der Waals surface area contributed by atoms with E-state index >= 15 is 0 Å². The number of nitrogens with zero attached hydrogens (tertiary/aromatic N) is 1. The molecule has 86 valence electrons. The van der Waals surface area contributed by atoms with Crippen LogP contribution in [0.2, 0.25) is 0 Å². The SMILES string of the molecule is CCC(=O)CC(=O)N(C)c1ccc(F)cc1. The number of Topliss-reactive ketones (excluding diaryl/α,β-unsaturated/α-hetero) is 1. The van der Waals surface area contributed by atoms with Gasteiger partial charge >= 0.3 is 0 Å². The van der Waals surface area contributed by atoms with Gasteiger partial charge in [0.25, 0.3) is 0 Å². The fourth-order valence-electron chi connectivity index (χ4n) is 1.22. The normalized spacial score (nSPS) is 9.94. The Morgan fingerprint density at radius 3 is 2.31 bits per heavy atom. The number of hydrogen-bond acceptors (Lipinski definition) is 2. The van der Waals surface area contributed by atoms with Crippen molar-refractivity contribution < 1.29 is 14.0 Å². The number of carbonyl (C=O) groups excluding carboxylic acids is 2. The number of carbonyl (C=O) groups is 2. The van der Waals surface area contributed by atoms with Crippen LogP contribution in [0.4, 0.5) is 10.1 Å². The third-order valence-corrected chi connectivity index (χ3v) is 2.33. The van der Waals surface area contributed by atoms with Crippen molar-refractivity contribution in [2.45, 2.75) is 19.8 Å². The summed E-state index contributed by atoms with van der Waals surface area (Å²) in [5.74, 6) is -0.730. The van der Waals surface area contributed by atoms with Crippen LogP contribution in [-0.2, 0) is 9.59 Å². The van der Waals surface area contributed by atoms with Crippen molar-refractivity contribution in [1.29, 1.82) is 0 Å². The van der Waals surface area contributed by atoms with Gasteiger partial charge in [0, 0.05) is 19.2 Å². The van der Waals surface area contributed by atoms with Crippen LogP contribution < -0.4 is 4.90 Å². The Labute approximate surface area is 93.9 Å². The Bertz CT molecular complexity index is 387. The molecule has 0 saturated carbocycles. The molecule has 0 saturated heterocycles. The van der Waals surface area contributed by atoms with Gasteiger partial charge in [-0.05, 0) is 24.3 Å². The second-order valence-corrected chi connectivity index (χ2v) is 3.50. The van der Waals surface area contributed by atoms with E-state index in [4.69, 9.17) is 0 Å². The quantitative estimate of drug-likeness (QED) is 0.733. The average molecular weight is 223 g/mol. The molecule has 0 bridgehead atoms. The average Bonchev–Trinajstić information content (AvgIpc) is 2.28. The lowest BCUT2D eigenvalue weighted by Crippen LogP contribution is -2.28. The monoisotopic (exact) mass is 223 g/mol. The fourth-order valence-corrected chi connectivity index (χ4v) is 1.22. The second kappa shape index (κ2) is 5.39. The topological polar surface area (TPSA) is 37.4 Å². The molecule has 1 amide bonds. The molecule has 0 N–H and O–H groups in total. The van der Waals surface area contributed by atoms with E-state index in [1.165, 1.54) is 29.2 Å². The van der Waals surface area contributed by atoms with Crippen molar-refractivity contribution in [3.8, 4) is 0 Å². The molecule has 0 atom stereocenters. The first-order valence-corrected chi connectivity index (χ1v) is 5.08. The number of ketones is 1. The smallest absolute Gasteiger partial charge is 0.234 e. The van der Waals surface area contributed by atoms with Crippen LogP contribution in [0.15, 0.2) is 24.3 Å². The summed E-state index contributed by atoms with van der Waals surface area (Å²) >= 11 is 0. The number of rotatable bonds is 4. The molecule has 0 aliphatic carbocycles. The molecule has 1 rings (SSSR count). The molecule has 1 aromatic carbocycles. The van der Waals surface area contributed by atoms with Gasteiger partial charge in [0.15, 0.2) is 0 Å². The third-order valence-electron chi connectivity index (χ3n) is 2.33. The fraction of sp³-hybridized carbons (Fsp3) is 0.333. The lowest BCUT2D eigenvalue weighted by atomic mass is 10.2. The zero-order chi connectivity index (χ0) is 12.1. The molecule has 1 aromatic rings. The molecule has 0 aliphatic heterocycles. The van der Waals surface area contributed by atoms with Crippen molar-refractivity contribution in [1.82, 2.24) is 0 Å². The predicted molar refractivity (Wildman–Crippen MR) is 59.7 cm³/mol. The van der Waals surface area contributed by atoms with E-state index in [0.717, 1.165) is 0 Å². The standard InChI is InChI=1S/C12H14FNO2/c1-3-11(15)8-12(16)14(2)10-6-4-9(13)5-7-10/h4-7H,3,8H2,1-2H3. The van der Waals surface area contributed by atoms with Crippen LogP contribution >= 0.6 is 0 Å². The minimum atomic E-state index is -0.353. The maximum Gasteiger partial charge on any atom is 0.234 e. The molecule has 0 aromatic heterocycles. The molecular formula is C12H14FNO2. The zero-order valence-electron chi connectivity index (χ0n) is 9.37. The Kier molecular flexibility index (Phi) is 4.17. The summed E-state index contributed by atoms with van der Waals surface area (Å²) in [7, 11) is 1.57. The Balaban J connectivity index is 2.70. The summed E-state index contributed by atoms with van der Waals surface area (Å²) in [6.45, 7) is 1.72. The second-order valence-electron chi connectivity index (χ2n) is 3.50. The first kappa shape index (κ1) is 12.4. The summed E-state index contributed by atoms with van der Waals surface area (Å²) in [5.41, 5.74) is 0.579. The lowest BCUT2D eigenvalue weighted by molar-refractivity contribution is -0.126. The van der Waals surface area contributed by atoms with E-state index in [1.807, 2.05) is 0 Å². The van der Waals surface area contributed by atoms with Gasteiger partial charge in [0.05, 0.1) is 6.42 Å². The minimum Gasteiger partial charge on any atom is -0.315 e. The van der Waals surface area contributed by atoms with Crippen LogP contribution in [0.5, 0.6) is 0 Å². The van der Waals surface area contributed by atoms with E-state index in [1.54, 1.807) is 14.0 Å². The first-order chi connectivity index (χ1) is 7.54. The van der Waals surface area contributed by atoms with E-state index in [9.17, 15) is 14.0 Å². The van der Waals surface area contributed by atoms with E-state index in [0.29, 0.717) is 12.1 Å². The number of halogens is 1. The van der Waals surface area contributed by atoms with Gasteiger partial charge in [-0.25, -0.2) is 4.39 Å². The molecule has 0 aliphatic rings. The van der Waals surface area contributed by atoms with Gasteiger partial charge in [-0.15, -0.1) is 0 Å². The van der Waals surface area contributed by atoms with Crippen molar-refractivity contribution >= 4 is 17.4 Å². The zero-order valence-corrected chi connectivity index (χ0v) is 9.37. The highest BCUT2D eigenvalue weighted by Crippen LogP contribution is 2.14. The molecule has 0 radical (unpaired) electrons. The van der Waals surface area contributed by atoms with Crippen LogP contribution in [0, 0.1) is 5.82 Å². The first-order valence-electron chi connectivity index (χ1n) is 5.08. The summed E-state index contributed by atoms with van der Waals surface area (Å²) in [5, 5.41) is 0. The number of anilines is 1. The van der Waals surface area contributed by atoms with E-state index in [2.05, 4.69) is 0 Å². The van der Waals surface area contributed by atoms with Gasteiger partial charge in [-0.1, -0.05) is 6.92 Å². The molecule has 0 heterocycles. The van der Waals surface area contributed by atoms with Crippen LogP contribution in [0.1, 0.15) is 19.8 Å². The summed E-state index contributed by atoms with van der Waals surface area (Å²) in [4.78, 5) is 24.1. The molecule has 3 nitrogen and oxygen atoms in total. The number of benzene rings is 1. The van der Waals surface area contributed by atoms with Gasteiger partial charge in [-0.3, -0.25) is 9.59 Å². The highest BCUT2D eigenvalue weighted by Gasteiger charge is 2.13. The molecular weight excluding hydrogens is 209 g/mol. The predicted octanol–water partition coefficient (Wildman–Crippen LogP) is 2.16. The van der Waals surface area contributed by atoms with Crippen molar-refractivity contribution in [3.63, 3.8) is 0 Å². The lowest BCUT2D eigenvalue weighted by Gasteiger charge is -2.16. The van der Waals surface area contributed by atoms with E-state index < -0.39 is 0 Å². The Morgan fingerprint density at radius 1 is 1.25 bits per heavy atom. The Hall–Kier alpha value is -1.71. The van der Waals surface area contributed by atoms with Crippen LogP contribution in [0.25, 0.3) is 0 Å². The summed E-state index contributed by atoms with van der Waals surface area (Å²) in [6.07, 6.45) is 0.243. The van der Waals surface area contributed by atoms with Crippen molar-refractivity contribution in [2.75, 3.05) is 11.9 Å². The highest BCUT2D eigenvalue weighted by atomic mass is 19.1. The maximum atomic E-state index is 12.7. The number of amides is 1. The van der Waals surface area contributed by atoms with Gasteiger partial charge in [0.2, 0.25) is 5.91 Å². The molecule has 0 fully saturated rings. The summed E-state index contributed by atoms with van der Waals surface area (Å²) in [6, 6.07) is 5.56. The highest BCUT2D eigenvalue weighted by molar-refractivity contribution is 6.05. The molecule has 4 heteroatoms.